The third-order valence-electron chi connectivity index (χ3n) is 5.69. The molecule has 7 nitrogen and oxygen atoms in total. The molecular formula is C22H24ClN3O4. The fourth-order valence-corrected chi connectivity index (χ4v) is 4.36. The standard InChI is InChI=1S/C22H24ClN3O4/c23-14-10-16-21(24-15(14)9-5-4-8-13-6-2-1-3-7-13)26-22(25-16)30-18-12-29-19-17(27)11-28-20(18)19/h1-3,6-7,10,17-20,27H,4-5,8-9,11-12H2,(H,24,25,26)/t17-,18-,19-,20-/m1/s1. The molecule has 158 valence electrons. The molecule has 1 aromatic carbocycles. The predicted molar refractivity (Wildman–Crippen MR) is 112 cm³/mol. The first-order valence-electron chi connectivity index (χ1n) is 10.3. The molecule has 0 saturated carbocycles. The third kappa shape index (κ3) is 4.03. The number of hydrogen-bond donors (Lipinski definition) is 2. The van der Waals surface area contributed by atoms with Gasteiger partial charge in [0.15, 0.2) is 11.8 Å². The first-order chi connectivity index (χ1) is 14.7. The van der Waals surface area contributed by atoms with E-state index >= 15 is 0 Å². The first kappa shape index (κ1) is 19.8. The average molecular weight is 430 g/mol. The lowest BCUT2D eigenvalue weighted by Crippen LogP contribution is -2.34. The minimum absolute atomic E-state index is 0.264. The zero-order valence-corrected chi connectivity index (χ0v) is 17.2. The number of pyridine rings is 1. The highest BCUT2D eigenvalue weighted by molar-refractivity contribution is 6.31. The van der Waals surface area contributed by atoms with Gasteiger partial charge >= 0.3 is 0 Å². The Kier molecular flexibility index (Phi) is 5.60. The van der Waals surface area contributed by atoms with Crippen LogP contribution in [0.15, 0.2) is 36.4 Å². The summed E-state index contributed by atoms with van der Waals surface area (Å²) in [6.45, 7) is 0.615. The van der Waals surface area contributed by atoms with Crippen molar-refractivity contribution in [3.05, 3.63) is 52.7 Å². The van der Waals surface area contributed by atoms with Gasteiger partial charge in [-0.2, -0.15) is 4.98 Å². The van der Waals surface area contributed by atoms with E-state index in [2.05, 4.69) is 39.2 Å². The minimum Gasteiger partial charge on any atom is -0.456 e. The maximum atomic E-state index is 9.86. The van der Waals surface area contributed by atoms with E-state index < -0.39 is 6.10 Å². The summed E-state index contributed by atoms with van der Waals surface area (Å²) in [5.41, 5.74) is 3.50. The van der Waals surface area contributed by atoms with E-state index in [1.54, 1.807) is 0 Å². The molecule has 2 aromatic heterocycles. The molecule has 4 atom stereocenters. The van der Waals surface area contributed by atoms with Crippen LogP contribution in [0, 0.1) is 0 Å². The number of aromatic nitrogens is 3. The highest BCUT2D eigenvalue weighted by atomic mass is 35.5. The minimum atomic E-state index is -0.607. The van der Waals surface area contributed by atoms with Crippen molar-refractivity contribution in [2.45, 2.75) is 50.1 Å². The number of aliphatic hydroxyl groups is 1. The smallest absolute Gasteiger partial charge is 0.296 e. The van der Waals surface area contributed by atoms with E-state index in [1.165, 1.54) is 5.56 Å². The largest absolute Gasteiger partial charge is 0.456 e. The molecule has 2 N–H and O–H groups in total. The van der Waals surface area contributed by atoms with Crippen molar-refractivity contribution in [2.75, 3.05) is 13.2 Å². The summed E-state index contributed by atoms with van der Waals surface area (Å²) in [6.07, 6.45) is 2.37. The second kappa shape index (κ2) is 8.51. The Balaban J connectivity index is 1.22. The van der Waals surface area contributed by atoms with E-state index in [4.69, 9.17) is 25.8 Å². The lowest BCUT2D eigenvalue weighted by atomic mass is 10.1. The number of fused-ring (bicyclic) bond motifs is 2. The second-order valence-electron chi connectivity index (χ2n) is 7.84. The Hall–Kier alpha value is -2.19. The lowest BCUT2D eigenvalue weighted by Gasteiger charge is -2.15. The van der Waals surface area contributed by atoms with Crippen LogP contribution in [0.4, 0.5) is 0 Å². The Bertz CT molecular complexity index is 1010. The number of rotatable bonds is 7. The highest BCUT2D eigenvalue weighted by Gasteiger charge is 2.48. The normalized spacial score (nSPS) is 25.7. The molecule has 0 unspecified atom stereocenters. The van der Waals surface area contributed by atoms with Crippen LogP contribution >= 0.6 is 11.6 Å². The molecule has 0 aliphatic carbocycles. The quantitative estimate of drug-likeness (QED) is 0.561. The number of H-pyrrole nitrogens is 1. The van der Waals surface area contributed by atoms with Gasteiger partial charge in [-0.1, -0.05) is 41.9 Å². The molecule has 30 heavy (non-hydrogen) atoms. The zero-order valence-electron chi connectivity index (χ0n) is 16.5. The van der Waals surface area contributed by atoms with Crippen molar-refractivity contribution in [2.24, 2.45) is 0 Å². The Labute approximate surface area is 179 Å². The van der Waals surface area contributed by atoms with Gasteiger partial charge in [-0.25, -0.2) is 4.98 Å². The van der Waals surface area contributed by atoms with Gasteiger partial charge in [0.25, 0.3) is 6.01 Å². The highest BCUT2D eigenvalue weighted by Crippen LogP contribution is 2.30. The van der Waals surface area contributed by atoms with E-state index in [0.717, 1.165) is 36.9 Å². The maximum absolute atomic E-state index is 9.86. The molecule has 0 radical (unpaired) electrons. The molecule has 2 saturated heterocycles. The molecule has 8 heteroatoms. The Morgan fingerprint density at radius 2 is 1.87 bits per heavy atom. The molecule has 2 aliphatic rings. The number of hydrogen-bond acceptors (Lipinski definition) is 6. The predicted octanol–water partition coefficient (Wildman–Crippen LogP) is 3.08. The van der Waals surface area contributed by atoms with Gasteiger partial charge in [0, 0.05) is 0 Å². The number of nitrogens with one attached hydrogen (secondary N) is 1. The monoisotopic (exact) mass is 429 g/mol. The van der Waals surface area contributed by atoms with Crippen molar-refractivity contribution in [1.82, 2.24) is 15.0 Å². The average Bonchev–Trinajstić information content (AvgIpc) is 3.43. The van der Waals surface area contributed by atoms with Gasteiger partial charge in [0.05, 0.1) is 29.4 Å². The zero-order chi connectivity index (χ0) is 20.5. The van der Waals surface area contributed by atoms with Crippen molar-refractivity contribution in [3.63, 3.8) is 0 Å². The van der Waals surface area contributed by atoms with E-state index in [1.807, 2.05) is 12.1 Å². The summed E-state index contributed by atoms with van der Waals surface area (Å²) in [7, 11) is 0. The van der Waals surface area contributed by atoms with Crippen LogP contribution in [-0.4, -0.2) is 57.7 Å². The van der Waals surface area contributed by atoms with Crippen LogP contribution in [-0.2, 0) is 22.3 Å². The molecule has 2 aliphatic heterocycles. The molecule has 5 rings (SSSR count). The van der Waals surface area contributed by atoms with Crippen molar-refractivity contribution < 1.29 is 19.3 Å². The molecule has 3 aromatic rings. The number of nitrogens with zero attached hydrogens (tertiary/aromatic N) is 2. The maximum Gasteiger partial charge on any atom is 0.296 e. The van der Waals surface area contributed by atoms with E-state index in [9.17, 15) is 5.11 Å². The lowest BCUT2D eigenvalue weighted by molar-refractivity contribution is 0.00706. The number of unbranched alkanes of at least 4 members (excludes halogenated alkanes) is 1. The molecule has 0 bridgehead atoms. The fraction of sp³-hybridized carbons (Fsp3) is 0.455. The molecule has 0 spiro atoms. The Morgan fingerprint density at radius 1 is 1.07 bits per heavy atom. The van der Waals surface area contributed by atoms with Gasteiger partial charge in [0.1, 0.15) is 18.3 Å². The molecule has 0 amide bonds. The van der Waals surface area contributed by atoms with Crippen LogP contribution in [0.1, 0.15) is 24.1 Å². The molecule has 4 heterocycles. The molecular weight excluding hydrogens is 406 g/mol. The number of ether oxygens (including phenoxy) is 3. The number of halogens is 1. The molecule has 2 fully saturated rings. The van der Waals surface area contributed by atoms with Crippen molar-refractivity contribution in [3.8, 4) is 6.01 Å². The summed E-state index contributed by atoms with van der Waals surface area (Å²) in [5.74, 6) is 0. The SMILES string of the molecule is O[C@@H]1CO[C@H]2[C@@H]1OC[C@H]2Oc1nc2nc(CCCCc3ccccc3)c(Cl)cc2[nH]1. The van der Waals surface area contributed by atoms with Crippen LogP contribution < -0.4 is 4.74 Å². The summed E-state index contributed by atoms with van der Waals surface area (Å²) in [6, 6.07) is 12.7. The van der Waals surface area contributed by atoms with Gasteiger partial charge < -0.3 is 24.3 Å². The first-order valence-corrected chi connectivity index (χ1v) is 10.7. The summed E-state index contributed by atoms with van der Waals surface area (Å²) in [4.78, 5) is 12.2. The van der Waals surface area contributed by atoms with Gasteiger partial charge in [-0.05, 0) is 37.3 Å². The van der Waals surface area contributed by atoms with Crippen molar-refractivity contribution >= 4 is 22.8 Å². The van der Waals surface area contributed by atoms with Crippen LogP contribution in [0.5, 0.6) is 6.01 Å². The van der Waals surface area contributed by atoms with Crippen LogP contribution in [0.3, 0.4) is 0 Å². The van der Waals surface area contributed by atoms with Crippen molar-refractivity contribution in [1.29, 1.82) is 0 Å². The third-order valence-corrected chi connectivity index (χ3v) is 6.02. The summed E-state index contributed by atoms with van der Waals surface area (Å²) in [5, 5.41) is 10.5. The number of benzene rings is 1. The van der Waals surface area contributed by atoms with Gasteiger partial charge in [0.2, 0.25) is 0 Å². The van der Waals surface area contributed by atoms with E-state index in [0.29, 0.717) is 23.3 Å². The topological polar surface area (TPSA) is 89.5 Å². The number of aliphatic hydroxyl groups excluding tert-OH is 1. The Morgan fingerprint density at radius 3 is 2.73 bits per heavy atom. The van der Waals surface area contributed by atoms with Gasteiger partial charge in [-0.15, -0.1) is 0 Å². The number of aryl methyl sites for hydroxylation is 2. The summed E-state index contributed by atoms with van der Waals surface area (Å²) >= 11 is 6.45. The van der Waals surface area contributed by atoms with Gasteiger partial charge in [-0.3, -0.25) is 0 Å². The second-order valence-corrected chi connectivity index (χ2v) is 8.25. The number of aromatic amines is 1. The summed E-state index contributed by atoms with van der Waals surface area (Å²) < 4.78 is 17.1. The van der Waals surface area contributed by atoms with E-state index in [-0.39, 0.29) is 24.9 Å². The van der Waals surface area contributed by atoms with Crippen LogP contribution in [0.25, 0.3) is 11.2 Å². The van der Waals surface area contributed by atoms with Crippen LogP contribution in [0.2, 0.25) is 5.02 Å². The number of imidazole rings is 1. The fourth-order valence-electron chi connectivity index (χ4n) is 4.12.